The number of anilines is 1. The average molecular weight is 376 g/mol. The lowest BCUT2D eigenvalue weighted by atomic mass is 10.2. The summed E-state index contributed by atoms with van der Waals surface area (Å²) in [5, 5.41) is 21.6. The quantitative estimate of drug-likeness (QED) is 0.440. The van der Waals surface area contributed by atoms with Crippen molar-refractivity contribution in [1.29, 1.82) is 0 Å². The lowest BCUT2D eigenvalue weighted by Crippen LogP contribution is -2.05. The molecule has 0 aliphatic carbocycles. The van der Waals surface area contributed by atoms with Gasteiger partial charge in [0.25, 0.3) is 0 Å². The summed E-state index contributed by atoms with van der Waals surface area (Å²) in [6, 6.07) is 10.1. The Morgan fingerprint density at radius 3 is 2.86 bits per heavy atom. The molecule has 4 N–H and O–H groups in total. The van der Waals surface area contributed by atoms with Gasteiger partial charge >= 0.3 is 0 Å². The van der Waals surface area contributed by atoms with Crippen LogP contribution in [-0.4, -0.2) is 40.0 Å². The number of H-pyrrole nitrogens is 1. The molecule has 5 aromatic rings. The summed E-state index contributed by atoms with van der Waals surface area (Å²) in [5.74, 6) is -0.264. The standard InChI is InChI=1S/C18H13FN8O/c19-11-6-2-1-4-9(11)8-27-17-10(5-3-7-21-17)13(26-27)16-22-14(20)12-15(23-16)24-25-18(12)28/h1-7H,8H2,(H4,20,22,23,24,25,28). The molecule has 0 aliphatic heterocycles. The van der Waals surface area contributed by atoms with Gasteiger partial charge in [-0.3, -0.25) is 5.10 Å². The van der Waals surface area contributed by atoms with Gasteiger partial charge in [0.05, 0.1) is 11.9 Å². The number of hydrogen-bond donors (Lipinski definition) is 3. The van der Waals surface area contributed by atoms with E-state index < -0.39 is 0 Å². The lowest BCUT2D eigenvalue weighted by molar-refractivity contribution is 0.457. The second kappa shape index (κ2) is 5.98. The number of nitrogen functional groups attached to an aromatic ring is 1. The smallest absolute Gasteiger partial charge is 0.243 e. The van der Waals surface area contributed by atoms with E-state index in [0.717, 1.165) is 0 Å². The van der Waals surface area contributed by atoms with E-state index >= 15 is 0 Å². The first-order valence-electron chi connectivity index (χ1n) is 8.37. The van der Waals surface area contributed by atoms with Crippen LogP contribution in [-0.2, 0) is 6.54 Å². The maximum Gasteiger partial charge on any atom is 0.243 e. The highest BCUT2D eigenvalue weighted by Gasteiger charge is 2.19. The predicted octanol–water partition coefficient (Wildman–Crippen LogP) is 2.24. The van der Waals surface area contributed by atoms with Gasteiger partial charge in [-0.15, -0.1) is 5.10 Å². The van der Waals surface area contributed by atoms with E-state index in [1.165, 1.54) is 6.07 Å². The Bertz CT molecular complexity index is 1340. The minimum Gasteiger partial charge on any atom is -0.492 e. The topological polar surface area (TPSA) is 131 Å². The molecule has 0 saturated heterocycles. The maximum absolute atomic E-state index is 14.1. The average Bonchev–Trinajstić information content (AvgIpc) is 3.25. The van der Waals surface area contributed by atoms with Gasteiger partial charge in [-0.05, 0) is 18.2 Å². The Labute approximate surface area is 156 Å². The molecule has 138 valence electrons. The van der Waals surface area contributed by atoms with Gasteiger partial charge in [0.1, 0.15) is 22.7 Å². The zero-order valence-electron chi connectivity index (χ0n) is 14.3. The number of hydrogen-bond acceptors (Lipinski definition) is 7. The molecule has 0 bridgehead atoms. The van der Waals surface area contributed by atoms with Crippen molar-refractivity contribution in [2.75, 3.05) is 5.73 Å². The van der Waals surface area contributed by atoms with E-state index in [0.29, 0.717) is 27.9 Å². The fourth-order valence-corrected chi connectivity index (χ4v) is 3.12. The number of pyridine rings is 1. The van der Waals surface area contributed by atoms with Crippen LogP contribution in [0.25, 0.3) is 33.6 Å². The number of aromatic nitrogens is 7. The summed E-state index contributed by atoms with van der Waals surface area (Å²) >= 11 is 0. The highest BCUT2D eigenvalue weighted by atomic mass is 19.1. The summed E-state index contributed by atoms with van der Waals surface area (Å²) in [6.07, 6.45) is 1.64. The highest BCUT2D eigenvalue weighted by molar-refractivity contribution is 5.94. The first-order chi connectivity index (χ1) is 13.6. The largest absolute Gasteiger partial charge is 0.492 e. The SMILES string of the molecule is Nc1nc(-c2nn(Cc3ccccc3F)c3ncccc23)nc2[nH]nc(O)c12. The molecule has 0 saturated carbocycles. The first kappa shape index (κ1) is 16.1. The number of benzene rings is 1. The van der Waals surface area contributed by atoms with Crippen molar-refractivity contribution in [2.45, 2.75) is 6.54 Å². The summed E-state index contributed by atoms with van der Waals surface area (Å²) in [5.41, 5.74) is 7.75. The molecule has 0 radical (unpaired) electrons. The summed E-state index contributed by atoms with van der Waals surface area (Å²) in [7, 11) is 0. The number of rotatable bonds is 3. The molecule has 1 aromatic carbocycles. The second-order valence-electron chi connectivity index (χ2n) is 6.18. The number of fused-ring (bicyclic) bond motifs is 2. The lowest BCUT2D eigenvalue weighted by Gasteiger charge is -2.04. The normalized spacial score (nSPS) is 11.5. The number of aromatic hydroxyl groups is 1. The Morgan fingerprint density at radius 2 is 2.00 bits per heavy atom. The molecule has 0 unspecified atom stereocenters. The van der Waals surface area contributed by atoms with E-state index in [-0.39, 0.29) is 35.3 Å². The van der Waals surface area contributed by atoms with Gasteiger partial charge < -0.3 is 10.8 Å². The van der Waals surface area contributed by atoms with Crippen molar-refractivity contribution in [2.24, 2.45) is 0 Å². The van der Waals surface area contributed by atoms with Crippen molar-refractivity contribution < 1.29 is 9.50 Å². The zero-order chi connectivity index (χ0) is 19.3. The van der Waals surface area contributed by atoms with E-state index in [9.17, 15) is 9.50 Å². The van der Waals surface area contributed by atoms with Crippen LogP contribution in [0.4, 0.5) is 10.2 Å². The monoisotopic (exact) mass is 376 g/mol. The Hall–Kier alpha value is -4.08. The molecule has 0 amide bonds. The molecule has 28 heavy (non-hydrogen) atoms. The molecule has 9 nitrogen and oxygen atoms in total. The molecule has 5 rings (SSSR count). The van der Waals surface area contributed by atoms with Crippen molar-refractivity contribution >= 4 is 27.9 Å². The number of aromatic amines is 1. The van der Waals surface area contributed by atoms with E-state index in [2.05, 4.69) is 30.2 Å². The molecule has 4 aromatic heterocycles. The van der Waals surface area contributed by atoms with Gasteiger partial charge in [-0.2, -0.15) is 5.10 Å². The van der Waals surface area contributed by atoms with Gasteiger partial charge in [0, 0.05) is 11.8 Å². The van der Waals surface area contributed by atoms with Crippen LogP contribution in [0.1, 0.15) is 5.56 Å². The zero-order valence-corrected chi connectivity index (χ0v) is 14.3. The molecule has 0 atom stereocenters. The predicted molar refractivity (Wildman–Crippen MR) is 99.8 cm³/mol. The van der Waals surface area contributed by atoms with Gasteiger partial charge in [0.15, 0.2) is 17.1 Å². The third-order valence-corrected chi connectivity index (χ3v) is 4.43. The molecule has 4 heterocycles. The third-order valence-electron chi connectivity index (χ3n) is 4.43. The molecule has 10 heteroatoms. The molecule has 0 spiro atoms. The Morgan fingerprint density at radius 1 is 1.14 bits per heavy atom. The van der Waals surface area contributed by atoms with Crippen molar-refractivity contribution in [3.8, 4) is 17.4 Å². The second-order valence-corrected chi connectivity index (χ2v) is 6.18. The number of nitrogens with zero attached hydrogens (tertiary/aromatic N) is 6. The Balaban J connectivity index is 1.70. The van der Waals surface area contributed by atoms with Crippen LogP contribution in [0.15, 0.2) is 42.6 Å². The maximum atomic E-state index is 14.1. The van der Waals surface area contributed by atoms with Crippen LogP contribution in [0.5, 0.6) is 5.88 Å². The van der Waals surface area contributed by atoms with E-state index in [1.54, 1.807) is 35.1 Å². The highest BCUT2D eigenvalue weighted by Crippen LogP contribution is 2.30. The van der Waals surface area contributed by atoms with E-state index in [4.69, 9.17) is 5.73 Å². The minimum absolute atomic E-state index is 0.0759. The number of halogens is 1. The van der Waals surface area contributed by atoms with Crippen LogP contribution in [0, 0.1) is 5.82 Å². The van der Waals surface area contributed by atoms with Gasteiger partial charge in [-0.1, -0.05) is 18.2 Å². The first-order valence-corrected chi connectivity index (χ1v) is 8.37. The minimum atomic E-state index is -0.321. The van der Waals surface area contributed by atoms with Crippen LogP contribution in [0.3, 0.4) is 0 Å². The fourth-order valence-electron chi connectivity index (χ4n) is 3.12. The Kier molecular flexibility index (Phi) is 3.44. The van der Waals surface area contributed by atoms with Crippen LogP contribution >= 0.6 is 0 Å². The van der Waals surface area contributed by atoms with Crippen molar-refractivity contribution in [3.05, 3.63) is 54.0 Å². The third kappa shape index (κ3) is 2.42. The van der Waals surface area contributed by atoms with E-state index in [1.807, 2.05) is 6.07 Å². The summed E-state index contributed by atoms with van der Waals surface area (Å²) in [6.45, 7) is 0.197. The molecular weight excluding hydrogens is 363 g/mol. The fraction of sp³-hybridized carbons (Fsp3) is 0.0556. The summed E-state index contributed by atoms with van der Waals surface area (Å²) in [4.78, 5) is 13.0. The number of nitrogens with one attached hydrogen (secondary N) is 1. The van der Waals surface area contributed by atoms with Crippen LogP contribution in [0.2, 0.25) is 0 Å². The number of nitrogens with two attached hydrogens (primary N) is 1. The van der Waals surface area contributed by atoms with Gasteiger partial charge in [0.2, 0.25) is 5.88 Å². The molecule has 0 aliphatic rings. The van der Waals surface area contributed by atoms with Crippen molar-refractivity contribution in [1.82, 2.24) is 34.9 Å². The van der Waals surface area contributed by atoms with Crippen molar-refractivity contribution in [3.63, 3.8) is 0 Å². The van der Waals surface area contributed by atoms with Crippen LogP contribution < -0.4 is 5.73 Å². The molecular formula is C18H13FN8O. The summed E-state index contributed by atoms with van der Waals surface area (Å²) < 4.78 is 15.7. The van der Waals surface area contributed by atoms with Gasteiger partial charge in [-0.25, -0.2) is 24.0 Å². The molecule has 0 fully saturated rings.